The van der Waals surface area contributed by atoms with Crippen LogP contribution in [0.3, 0.4) is 0 Å². The van der Waals surface area contributed by atoms with Crippen molar-refractivity contribution >= 4 is 11.6 Å². The second-order valence-electron chi connectivity index (χ2n) is 5.81. The van der Waals surface area contributed by atoms with Gasteiger partial charge >= 0.3 is 0 Å². The van der Waals surface area contributed by atoms with Crippen LogP contribution in [0.4, 0.5) is 0 Å². The van der Waals surface area contributed by atoms with Crippen molar-refractivity contribution < 1.29 is 0 Å². The Hall–Kier alpha value is -1.27. The summed E-state index contributed by atoms with van der Waals surface area (Å²) >= 11 is 6.39. The van der Waals surface area contributed by atoms with E-state index >= 15 is 0 Å². The summed E-state index contributed by atoms with van der Waals surface area (Å²) in [5, 5.41) is 0. The fourth-order valence-corrected chi connectivity index (χ4v) is 3.44. The number of aryl methyl sites for hydroxylation is 2. The van der Waals surface area contributed by atoms with E-state index in [0.717, 1.165) is 12.8 Å². The maximum atomic E-state index is 6.39. The summed E-state index contributed by atoms with van der Waals surface area (Å²) in [6, 6.07) is 17.5. The van der Waals surface area contributed by atoms with Gasteiger partial charge in [-0.2, -0.15) is 0 Å². The van der Waals surface area contributed by atoms with Crippen molar-refractivity contribution in [3.8, 4) is 0 Å². The second kappa shape index (κ2) is 6.45. The zero-order valence-corrected chi connectivity index (χ0v) is 13.4. The zero-order valence-electron chi connectivity index (χ0n) is 12.6. The van der Waals surface area contributed by atoms with Crippen LogP contribution in [0.2, 0.25) is 0 Å². The minimum absolute atomic E-state index is 0.0308. The monoisotopic (exact) mass is 286 g/mol. The van der Waals surface area contributed by atoms with Crippen molar-refractivity contribution in [3.63, 3.8) is 0 Å². The molecule has 0 bridgehead atoms. The van der Waals surface area contributed by atoms with Gasteiger partial charge in [-0.25, -0.2) is 0 Å². The molecule has 0 amide bonds. The molecule has 2 aromatic carbocycles. The van der Waals surface area contributed by atoms with E-state index in [0.29, 0.717) is 5.88 Å². The Labute approximate surface area is 127 Å². The molecule has 0 heterocycles. The van der Waals surface area contributed by atoms with Crippen LogP contribution in [0.1, 0.15) is 35.6 Å². The molecule has 106 valence electrons. The van der Waals surface area contributed by atoms with Gasteiger partial charge in [-0.05, 0) is 37.8 Å². The van der Waals surface area contributed by atoms with Gasteiger partial charge in [-0.15, -0.1) is 11.6 Å². The molecule has 0 radical (unpaired) electrons. The first-order valence-electron chi connectivity index (χ1n) is 7.28. The molecule has 1 unspecified atom stereocenters. The molecule has 2 rings (SSSR count). The highest BCUT2D eigenvalue weighted by Gasteiger charge is 2.29. The topological polar surface area (TPSA) is 0 Å². The first-order valence-corrected chi connectivity index (χ1v) is 7.82. The van der Waals surface area contributed by atoms with E-state index in [9.17, 15) is 0 Å². The van der Waals surface area contributed by atoms with E-state index in [-0.39, 0.29) is 5.41 Å². The Morgan fingerprint density at radius 3 is 2.05 bits per heavy atom. The molecule has 0 saturated carbocycles. The van der Waals surface area contributed by atoms with Gasteiger partial charge in [-0.1, -0.05) is 66.6 Å². The van der Waals surface area contributed by atoms with Crippen molar-refractivity contribution in [2.75, 3.05) is 5.88 Å². The quantitative estimate of drug-likeness (QED) is 0.643. The number of rotatable bonds is 5. The van der Waals surface area contributed by atoms with Gasteiger partial charge in [0.25, 0.3) is 0 Å². The predicted molar refractivity (Wildman–Crippen MR) is 88.8 cm³/mol. The lowest BCUT2D eigenvalue weighted by Gasteiger charge is -2.32. The van der Waals surface area contributed by atoms with Crippen LogP contribution < -0.4 is 0 Å². The summed E-state index contributed by atoms with van der Waals surface area (Å²) in [6.45, 7) is 6.55. The third kappa shape index (κ3) is 3.24. The fraction of sp³-hybridized carbons (Fsp3) is 0.368. The Bertz CT molecular complexity index is 533. The number of hydrogen-bond donors (Lipinski definition) is 0. The van der Waals surface area contributed by atoms with Crippen molar-refractivity contribution in [1.82, 2.24) is 0 Å². The molecule has 0 aliphatic carbocycles. The lowest BCUT2D eigenvalue weighted by molar-refractivity contribution is 0.458. The SMILES string of the molecule is CCC(CCl)(Cc1cc(C)cc(C)c1)c1ccccc1. The minimum atomic E-state index is 0.0308. The Kier molecular flexibility index (Phi) is 4.88. The number of hydrogen-bond acceptors (Lipinski definition) is 0. The number of halogens is 1. The molecule has 0 N–H and O–H groups in total. The van der Waals surface area contributed by atoms with Crippen molar-refractivity contribution in [3.05, 3.63) is 70.8 Å². The highest BCUT2D eigenvalue weighted by Crippen LogP contribution is 2.33. The van der Waals surface area contributed by atoms with Crippen LogP contribution in [-0.2, 0) is 11.8 Å². The second-order valence-corrected chi connectivity index (χ2v) is 6.07. The molecule has 1 heteroatoms. The Balaban J connectivity index is 2.39. The molecule has 1 atom stereocenters. The van der Waals surface area contributed by atoms with Crippen molar-refractivity contribution in [1.29, 1.82) is 0 Å². The summed E-state index contributed by atoms with van der Waals surface area (Å²) in [4.78, 5) is 0. The molecule has 0 spiro atoms. The van der Waals surface area contributed by atoms with Crippen LogP contribution in [-0.4, -0.2) is 5.88 Å². The molecule has 0 aromatic heterocycles. The highest BCUT2D eigenvalue weighted by atomic mass is 35.5. The molecular formula is C19H23Cl. The molecule has 0 fully saturated rings. The van der Waals surface area contributed by atoms with Crippen molar-refractivity contribution in [2.45, 2.75) is 39.0 Å². The summed E-state index contributed by atoms with van der Waals surface area (Å²) in [6.07, 6.45) is 2.05. The average Bonchev–Trinajstić information content (AvgIpc) is 2.45. The van der Waals surface area contributed by atoms with Gasteiger partial charge in [-0.3, -0.25) is 0 Å². The van der Waals surface area contributed by atoms with E-state index in [2.05, 4.69) is 69.3 Å². The number of alkyl halides is 1. The molecule has 0 nitrogen and oxygen atoms in total. The van der Waals surface area contributed by atoms with Crippen LogP contribution in [0.25, 0.3) is 0 Å². The first-order chi connectivity index (χ1) is 9.59. The third-order valence-corrected chi connectivity index (χ3v) is 4.65. The van der Waals surface area contributed by atoms with Gasteiger partial charge in [0.05, 0.1) is 0 Å². The largest absolute Gasteiger partial charge is 0.126 e. The average molecular weight is 287 g/mol. The molecule has 0 saturated heterocycles. The van der Waals surface area contributed by atoms with Gasteiger partial charge < -0.3 is 0 Å². The third-order valence-electron chi connectivity index (χ3n) is 4.14. The van der Waals surface area contributed by atoms with E-state index in [1.807, 2.05) is 0 Å². The van der Waals surface area contributed by atoms with E-state index in [1.165, 1.54) is 22.3 Å². The lowest BCUT2D eigenvalue weighted by atomic mass is 9.75. The summed E-state index contributed by atoms with van der Waals surface area (Å²) in [7, 11) is 0. The molecule has 2 aromatic rings. The van der Waals surface area contributed by atoms with Crippen LogP contribution in [0, 0.1) is 13.8 Å². The van der Waals surface area contributed by atoms with Crippen LogP contribution in [0.15, 0.2) is 48.5 Å². The summed E-state index contributed by atoms with van der Waals surface area (Å²) in [5.74, 6) is 0.653. The summed E-state index contributed by atoms with van der Waals surface area (Å²) < 4.78 is 0. The van der Waals surface area contributed by atoms with Crippen LogP contribution >= 0.6 is 11.6 Å². The summed E-state index contributed by atoms with van der Waals surface area (Å²) in [5.41, 5.74) is 5.41. The standard InChI is InChI=1S/C19H23Cl/c1-4-19(14-20,18-8-6-5-7-9-18)13-17-11-15(2)10-16(3)12-17/h5-12H,4,13-14H2,1-3H3. The molecular weight excluding hydrogens is 264 g/mol. The molecule has 0 aliphatic heterocycles. The van der Waals surface area contributed by atoms with Gasteiger partial charge in [0, 0.05) is 11.3 Å². The lowest BCUT2D eigenvalue weighted by Crippen LogP contribution is -2.30. The van der Waals surface area contributed by atoms with E-state index in [1.54, 1.807) is 0 Å². The smallest absolute Gasteiger partial charge is 0.0323 e. The van der Waals surface area contributed by atoms with Crippen molar-refractivity contribution in [2.24, 2.45) is 0 Å². The predicted octanol–water partition coefficient (Wildman–Crippen LogP) is 5.43. The first kappa shape index (κ1) is 15.1. The van der Waals surface area contributed by atoms with E-state index in [4.69, 9.17) is 11.6 Å². The fourth-order valence-electron chi connectivity index (χ4n) is 3.00. The minimum Gasteiger partial charge on any atom is -0.126 e. The van der Waals surface area contributed by atoms with E-state index < -0.39 is 0 Å². The number of benzene rings is 2. The maximum absolute atomic E-state index is 6.39. The highest BCUT2D eigenvalue weighted by molar-refractivity contribution is 6.18. The van der Waals surface area contributed by atoms with Gasteiger partial charge in [0.1, 0.15) is 0 Å². The van der Waals surface area contributed by atoms with Gasteiger partial charge in [0.2, 0.25) is 0 Å². The molecule has 0 aliphatic rings. The molecule has 20 heavy (non-hydrogen) atoms. The van der Waals surface area contributed by atoms with Crippen LogP contribution in [0.5, 0.6) is 0 Å². The Morgan fingerprint density at radius 2 is 1.55 bits per heavy atom. The normalized spacial score (nSPS) is 14.0. The maximum Gasteiger partial charge on any atom is 0.0323 e. The van der Waals surface area contributed by atoms with Gasteiger partial charge in [0.15, 0.2) is 0 Å². The zero-order chi connectivity index (χ0) is 14.6. The Morgan fingerprint density at radius 1 is 0.950 bits per heavy atom.